The minimum Gasteiger partial charge on any atom is -0.496 e. The number of nitrogens with one attached hydrogen (secondary N) is 1. The van der Waals surface area contributed by atoms with E-state index in [1.165, 1.54) is 12.1 Å². The maximum Gasteiger partial charge on any atom is 0.227 e. The highest BCUT2D eigenvalue weighted by Crippen LogP contribution is 2.29. The largest absolute Gasteiger partial charge is 0.496 e. The number of aromatic nitrogens is 2. The average molecular weight is 433 g/mol. The molecule has 0 aliphatic carbocycles. The number of rotatable bonds is 5. The second kappa shape index (κ2) is 9.12. The number of halogens is 2. The van der Waals surface area contributed by atoms with Crippen LogP contribution in [0.2, 0.25) is 0 Å². The van der Waals surface area contributed by atoms with Crippen LogP contribution in [0.25, 0.3) is 0 Å². The molecule has 0 saturated carbocycles. The highest BCUT2D eigenvalue weighted by Gasteiger charge is 2.23. The van der Waals surface area contributed by atoms with Gasteiger partial charge in [-0.1, -0.05) is 11.8 Å². The van der Waals surface area contributed by atoms with Gasteiger partial charge in [-0.3, -0.25) is 9.89 Å². The van der Waals surface area contributed by atoms with Crippen molar-refractivity contribution < 1.29 is 13.5 Å². The number of aliphatic imine (C=N–C) groups is 1. The van der Waals surface area contributed by atoms with E-state index in [4.69, 9.17) is 4.74 Å². The summed E-state index contributed by atoms with van der Waals surface area (Å²) in [7, 11) is 5.53. The van der Waals surface area contributed by atoms with Crippen molar-refractivity contribution in [2.75, 3.05) is 33.1 Å². The predicted molar refractivity (Wildman–Crippen MR) is 119 cm³/mol. The van der Waals surface area contributed by atoms with Crippen LogP contribution in [0.5, 0.6) is 5.75 Å². The van der Waals surface area contributed by atoms with Crippen LogP contribution >= 0.6 is 0 Å². The first-order valence-corrected chi connectivity index (χ1v) is 9.89. The van der Waals surface area contributed by atoms with Crippen molar-refractivity contribution in [3.05, 3.63) is 76.6 Å². The van der Waals surface area contributed by atoms with Crippen LogP contribution in [-0.4, -0.2) is 48.3 Å². The number of nitrogens with zero attached hydrogens (tertiary/aromatic N) is 4. The van der Waals surface area contributed by atoms with Crippen molar-refractivity contribution in [3.63, 3.8) is 0 Å². The molecular formula is C24H21F2N5O. The van der Waals surface area contributed by atoms with Crippen LogP contribution in [0.1, 0.15) is 22.4 Å². The third-order valence-electron chi connectivity index (χ3n) is 4.77. The van der Waals surface area contributed by atoms with Crippen molar-refractivity contribution in [1.82, 2.24) is 14.9 Å². The van der Waals surface area contributed by atoms with E-state index in [9.17, 15) is 8.78 Å². The molecule has 0 saturated heterocycles. The lowest BCUT2D eigenvalue weighted by Crippen LogP contribution is -2.10. The van der Waals surface area contributed by atoms with Crippen molar-refractivity contribution in [2.45, 2.75) is 6.54 Å². The molecule has 8 heteroatoms. The highest BCUT2D eigenvalue weighted by molar-refractivity contribution is 6.16. The van der Waals surface area contributed by atoms with Crippen molar-refractivity contribution in [3.8, 4) is 17.6 Å². The fourth-order valence-electron chi connectivity index (χ4n) is 3.25. The van der Waals surface area contributed by atoms with Gasteiger partial charge in [-0.25, -0.2) is 18.7 Å². The molecule has 1 aliphatic rings. The Morgan fingerprint density at radius 1 is 1.12 bits per heavy atom. The van der Waals surface area contributed by atoms with Gasteiger partial charge in [-0.05, 0) is 44.4 Å². The Morgan fingerprint density at radius 3 is 2.72 bits per heavy atom. The molecule has 0 unspecified atom stereocenters. The fourth-order valence-corrected chi connectivity index (χ4v) is 3.25. The third kappa shape index (κ3) is 4.58. The zero-order valence-corrected chi connectivity index (χ0v) is 17.9. The van der Waals surface area contributed by atoms with Gasteiger partial charge < -0.3 is 10.1 Å². The molecule has 162 valence electrons. The number of anilines is 2. The Balaban J connectivity index is 1.62. The summed E-state index contributed by atoms with van der Waals surface area (Å²) < 4.78 is 32.6. The molecular weight excluding hydrogens is 412 g/mol. The van der Waals surface area contributed by atoms with Crippen LogP contribution < -0.4 is 10.1 Å². The molecule has 0 fully saturated rings. The molecule has 1 N–H and O–H groups in total. The quantitative estimate of drug-likeness (QED) is 0.621. The molecule has 0 atom stereocenters. The SMILES string of the molecule is COc1ccc(C#CCN(C)C)cc1C1=NCc2nc(Nc3ccc(F)cc3F)ncc21. The molecule has 2 aromatic carbocycles. The monoisotopic (exact) mass is 433 g/mol. The first kappa shape index (κ1) is 21.4. The zero-order chi connectivity index (χ0) is 22.7. The van der Waals surface area contributed by atoms with Crippen LogP contribution in [0.4, 0.5) is 20.4 Å². The number of fused-ring (bicyclic) bond motifs is 1. The van der Waals surface area contributed by atoms with Crippen LogP contribution in [0, 0.1) is 23.5 Å². The number of ether oxygens (including phenoxy) is 1. The van der Waals surface area contributed by atoms with Gasteiger partial charge in [-0.15, -0.1) is 0 Å². The molecule has 0 radical (unpaired) electrons. The number of benzene rings is 2. The van der Waals surface area contributed by atoms with E-state index >= 15 is 0 Å². The molecule has 32 heavy (non-hydrogen) atoms. The second-order valence-corrected chi connectivity index (χ2v) is 7.42. The number of methoxy groups -OCH3 is 1. The summed E-state index contributed by atoms with van der Waals surface area (Å²) in [6.45, 7) is 1.01. The second-order valence-electron chi connectivity index (χ2n) is 7.42. The first-order valence-electron chi connectivity index (χ1n) is 9.89. The fraction of sp³-hybridized carbons (Fsp3) is 0.208. The molecule has 0 spiro atoms. The normalized spacial score (nSPS) is 12.1. The molecule has 2 heterocycles. The average Bonchev–Trinajstić information content (AvgIpc) is 3.18. The van der Waals surface area contributed by atoms with Crippen molar-refractivity contribution >= 4 is 17.3 Å². The standard InChI is InChI=1S/C24H21F2N5O/c1-31(2)10-4-5-15-6-9-22(32-3)17(11-15)23-18-13-28-24(30-21(18)14-27-23)29-20-8-7-16(25)12-19(20)26/h6-9,11-13H,10,14H2,1-3H3,(H,28,29,30). The van der Waals surface area contributed by atoms with Gasteiger partial charge in [0.1, 0.15) is 17.4 Å². The zero-order valence-electron chi connectivity index (χ0n) is 17.9. The molecule has 1 aliphatic heterocycles. The summed E-state index contributed by atoms with van der Waals surface area (Å²) in [6, 6.07) is 8.98. The lowest BCUT2D eigenvalue weighted by molar-refractivity contribution is 0.414. The van der Waals surface area contributed by atoms with E-state index in [0.29, 0.717) is 30.2 Å². The molecule has 1 aromatic heterocycles. The molecule has 3 aromatic rings. The highest BCUT2D eigenvalue weighted by atomic mass is 19.1. The molecule has 6 nitrogen and oxygen atoms in total. The maximum atomic E-state index is 13.9. The Morgan fingerprint density at radius 2 is 1.97 bits per heavy atom. The summed E-state index contributed by atoms with van der Waals surface area (Å²) in [6.07, 6.45) is 1.64. The Bertz CT molecular complexity index is 1260. The van der Waals surface area contributed by atoms with E-state index in [1.807, 2.05) is 37.2 Å². The summed E-state index contributed by atoms with van der Waals surface area (Å²) in [5, 5.41) is 2.79. The van der Waals surface area contributed by atoms with Gasteiger partial charge in [-0.2, -0.15) is 0 Å². The summed E-state index contributed by atoms with van der Waals surface area (Å²) in [5.74, 6) is 5.79. The molecule has 4 rings (SSSR count). The lowest BCUT2D eigenvalue weighted by Gasteiger charge is -2.11. The minimum atomic E-state index is -0.719. The van der Waals surface area contributed by atoms with E-state index in [-0.39, 0.29) is 11.6 Å². The Labute approximate surface area is 185 Å². The third-order valence-corrected chi connectivity index (χ3v) is 4.77. The van der Waals surface area contributed by atoms with E-state index in [0.717, 1.165) is 22.8 Å². The van der Waals surface area contributed by atoms with Gasteiger partial charge in [0, 0.05) is 29.0 Å². The van der Waals surface area contributed by atoms with E-state index in [1.54, 1.807) is 13.3 Å². The molecule has 0 bridgehead atoms. The summed E-state index contributed by atoms with van der Waals surface area (Å²) in [4.78, 5) is 15.4. The van der Waals surface area contributed by atoms with Crippen molar-refractivity contribution in [1.29, 1.82) is 0 Å². The lowest BCUT2D eigenvalue weighted by atomic mass is 10.0. The van der Waals surface area contributed by atoms with E-state index in [2.05, 4.69) is 32.1 Å². The molecule has 0 amide bonds. The van der Waals surface area contributed by atoms with Crippen LogP contribution in [-0.2, 0) is 6.54 Å². The van der Waals surface area contributed by atoms with Gasteiger partial charge in [0.25, 0.3) is 0 Å². The first-order chi connectivity index (χ1) is 15.4. The summed E-state index contributed by atoms with van der Waals surface area (Å²) >= 11 is 0. The van der Waals surface area contributed by atoms with Gasteiger partial charge in [0.05, 0.1) is 37.3 Å². The number of hydrogen-bond acceptors (Lipinski definition) is 6. The maximum absolute atomic E-state index is 13.9. The van der Waals surface area contributed by atoms with Gasteiger partial charge in [0.2, 0.25) is 5.95 Å². The minimum absolute atomic E-state index is 0.0937. The van der Waals surface area contributed by atoms with E-state index < -0.39 is 11.6 Å². The Hall–Kier alpha value is -3.83. The van der Waals surface area contributed by atoms with Crippen LogP contribution in [0.3, 0.4) is 0 Å². The van der Waals surface area contributed by atoms with Crippen LogP contribution in [0.15, 0.2) is 47.6 Å². The van der Waals surface area contributed by atoms with Gasteiger partial charge in [0.15, 0.2) is 0 Å². The topological polar surface area (TPSA) is 62.6 Å². The summed E-state index contributed by atoms with van der Waals surface area (Å²) in [5.41, 5.74) is 3.93. The number of hydrogen-bond donors (Lipinski definition) is 1. The predicted octanol–water partition coefficient (Wildman–Crippen LogP) is 3.77. The van der Waals surface area contributed by atoms with Gasteiger partial charge >= 0.3 is 0 Å². The Kier molecular flexibility index (Phi) is 6.10. The van der Waals surface area contributed by atoms with Crippen molar-refractivity contribution in [2.24, 2.45) is 4.99 Å². The smallest absolute Gasteiger partial charge is 0.227 e.